The van der Waals surface area contributed by atoms with E-state index in [1.807, 2.05) is 6.07 Å². The average molecular weight is 230 g/mol. The lowest BCUT2D eigenvalue weighted by molar-refractivity contribution is -0.287. The molecular formula is C15H18O2. The average Bonchev–Trinajstić information content (AvgIpc) is 2.29. The normalized spacial score (nSPS) is 26.5. The molecule has 0 aromatic heterocycles. The predicted molar refractivity (Wildman–Crippen MR) is 66.6 cm³/mol. The van der Waals surface area contributed by atoms with Gasteiger partial charge in [-0.05, 0) is 18.4 Å². The van der Waals surface area contributed by atoms with Gasteiger partial charge >= 0.3 is 0 Å². The van der Waals surface area contributed by atoms with Crippen LogP contribution in [-0.4, -0.2) is 19.0 Å². The molecule has 1 saturated heterocycles. The maximum absolute atomic E-state index is 6.00. The van der Waals surface area contributed by atoms with Crippen LogP contribution in [0.3, 0.4) is 0 Å². The van der Waals surface area contributed by atoms with Gasteiger partial charge < -0.3 is 9.47 Å². The summed E-state index contributed by atoms with van der Waals surface area (Å²) < 4.78 is 12.0. The molecule has 2 nitrogen and oxygen atoms in total. The van der Waals surface area contributed by atoms with Crippen molar-refractivity contribution in [1.82, 2.24) is 0 Å². The van der Waals surface area contributed by atoms with Crippen molar-refractivity contribution < 1.29 is 9.47 Å². The second-order valence-electron chi connectivity index (χ2n) is 4.80. The van der Waals surface area contributed by atoms with E-state index in [2.05, 4.69) is 36.4 Å². The van der Waals surface area contributed by atoms with Gasteiger partial charge in [0.15, 0.2) is 5.79 Å². The van der Waals surface area contributed by atoms with Crippen LogP contribution in [0, 0.1) is 5.92 Å². The van der Waals surface area contributed by atoms with Crippen molar-refractivity contribution in [3.05, 3.63) is 48.0 Å². The van der Waals surface area contributed by atoms with Crippen LogP contribution in [0.5, 0.6) is 0 Å². The van der Waals surface area contributed by atoms with E-state index >= 15 is 0 Å². The molecule has 2 aliphatic rings. The Hall–Kier alpha value is -1.12. The number of rotatable bonds is 3. The molecule has 0 spiro atoms. The van der Waals surface area contributed by atoms with Gasteiger partial charge in [-0.15, -0.1) is 0 Å². The molecule has 0 bridgehead atoms. The van der Waals surface area contributed by atoms with Crippen molar-refractivity contribution >= 4 is 0 Å². The Balaban J connectivity index is 1.81. The van der Waals surface area contributed by atoms with Crippen LogP contribution in [0.1, 0.15) is 18.4 Å². The highest BCUT2D eigenvalue weighted by atomic mass is 16.7. The van der Waals surface area contributed by atoms with Crippen molar-refractivity contribution in [3.63, 3.8) is 0 Å². The fraction of sp³-hybridized carbons (Fsp3) is 0.467. The largest absolute Gasteiger partial charge is 0.349 e. The molecule has 1 unspecified atom stereocenters. The van der Waals surface area contributed by atoms with Gasteiger partial charge in [-0.1, -0.05) is 42.5 Å². The molecule has 0 amide bonds. The standard InChI is InChI=1S/C15H18O2/c1-2-6-13(7-3-1)12-15(14-8-4-9-14)16-10-5-11-17-15/h1-4,6-8,14H,5,9-12H2. The number of ether oxygens (including phenoxy) is 2. The molecule has 0 saturated carbocycles. The second-order valence-corrected chi connectivity index (χ2v) is 4.80. The van der Waals surface area contributed by atoms with Crippen LogP contribution in [-0.2, 0) is 15.9 Å². The van der Waals surface area contributed by atoms with Crippen LogP contribution < -0.4 is 0 Å². The van der Waals surface area contributed by atoms with E-state index < -0.39 is 5.79 Å². The molecule has 0 N–H and O–H groups in total. The molecular weight excluding hydrogens is 212 g/mol. The van der Waals surface area contributed by atoms with E-state index in [1.54, 1.807) is 0 Å². The SMILES string of the molecule is C1=CC(C2(Cc3ccccc3)OCCCO2)C1. The van der Waals surface area contributed by atoms with Gasteiger partial charge in [0.05, 0.1) is 13.2 Å². The maximum atomic E-state index is 6.00. The first-order valence-corrected chi connectivity index (χ1v) is 6.38. The summed E-state index contributed by atoms with van der Waals surface area (Å²) in [6.45, 7) is 1.63. The highest BCUT2D eigenvalue weighted by molar-refractivity contribution is 5.19. The molecule has 1 atom stereocenters. The Labute approximate surface area is 102 Å². The number of hydrogen-bond acceptors (Lipinski definition) is 2. The molecule has 17 heavy (non-hydrogen) atoms. The van der Waals surface area contributed by atoms with E-state index in [0.29, 0.717) is 5.92 Å². The monoisotopic (exact) mass is 230 g/mol. The number of benzene rings is 1. The second kappa shape index (κ2) is 4.63. The van der Waals surface area contributed by atoms with Gasteiger partial charge in [0.1, 0.15) is 0 Å². The third-order valence-corrected chi connectivity index (χ3v) is 3.60. The van der Waals surface area contributed by atoms with E-state index in [0.717, 1.165) is 32.5 Å². The summed E-state index contributed by atoms with van der Waals surface area (Å²) in [6, 6.07) is 10.5. The van der Waals surface area contributed by atoms with Gasteiger partial charge in [-0.2, -0.15) is 0 Å². The highest BCUT2D eigenvalue weighted by Crippen LogP contribution is 2.38. The summed E-state index contributed by atoms with van der Waals surface area (Å²) in [6.07, 6.45) is 7.34. The highest BCUT2D eigenvalue weighted by Gasteiger charge is 2.43. The third kappa shape index (κ3) is 2.15. The number of hydrogen-bond donors (Lipinski definition) is 0. The predicted octanol–water partition coefficient (Wildman–Crippen LogP) is 2.94. The summed E-state index contributed by atoms with van der Waals surface area (Å²) in [5.41, 5.74) is 1.29. The minimum absolute atomic E-state index is 0.408. The van der Waals surface area contributed by atoms with E-state index in [1.165, 1.54) is 5.56 Å². The molecule has 1 aliphatic heterocycles. The fourth-order valence-corrected chi connectivity index (χ4v) is 2.52. The molecule has 1 aliphatic carbocycles. The zero-order chi connectivity index (χ0) is 11.6. The van der Waals surface area contributed by atoms with Crippen LogP contribution >= 0.6 is 0 Å². The molecule has 1 aromatic carbocycles. The topological polar surface area (TPSA) is 18.5 Å². The zero-order valence-corrected chi connectivity index (χ0v) is 9.97. The van der Waals surface area contributed by atoms with E-state index in [-0.39, 0.29) is 0 Å². The third-order valence-electron chi connectivity index (χ3n) is 3.60. The minimum Gasteiger partial charge on any atom is -0.349 e. The molecule has 1 heterocycles. The van der Waals surface area contributed by atoms with Gasteiger partial charge in [-0.25, -0.2) is 0 Å². The summed E-state index contributed by atoms with van der Waals surface area (Å²) in [5, 5.41) is 0. The molecule has 1 fully saturated rings. The first-order valence-electron chi connectivity index (χ1n) is 6.38. The first-order chi connectivity index (χ1) is 8.39. The Morgan fingerprint density at radius 1 is 1.12 bits per heavy atom. The maximum Gasteiger partial charge on any atom is 0.178 e. The Bertz CT molecular complexity index is 391. The van der Waals surface area contributed by atoms with Crippen molar-refractivity contribution in [2.75, 3.05) is 13.2 Å². The van der Waals surface area contributed by atoms with Crippen LogP contribution in [0.4, 0.5) is 0 Å². The molecule has 90 valence electrons. The van der Waals surface area contributed by atoms with E-state index in [4.69, 9.17) is 9.47 Å². The van der Waals surface area contributed by atoms with Gasteiger partial charge in [-0.3, -0.25) is 0 Å². The van der Waals surface area contributed by atoms with Gasteiger partial charge in [0.2, 0.25) is 0 Å². The van der Waals surface area contributed by atoms with Crippen molar-refractivity contribution in [2.45, 2.75) is 25.0 Å². The Morgan fingerprint density at radius 2 is 1.82 bits per heavy atom. The summed E-state index contributed by atoms with van der Waals surface area (Å²) in [7, 11) is 0. The van der Waals surface area contributed by atoms with Crippen LogP contribution in [0.15, 0.2) is 42.5 Å². The van der Waals surface area contributed by atoms with Crippen molar-refractivity contribution in [2.24, 2.45) is 5.92 Å². The summed E-state index contributed by atoms with van der Waals surface area (Å²) in [4.78, 5) is 0. The van der Waals surface area contributed by atoms with Crippen LogP contribution in [0.25, 0.3) is 0 Å². The van der Waals surface area contributed by atoms with Crippen molar-refractivity contribution in [1.29, 1.82) is 0 Å². The van der Waals surface area contributed by atoms with Gasteiger partial charge in [0.25, 0.3) is 0 Å². The zero-order valence-electron chi connectivity index (χ0n) is 9.97. The molecule has 2 heteroatoms. The Kier molecular flexibility index (Phi) is 3.00. The van der Waals surface area contributed by atoms with E-state index in [9.17, 15) is 0 Å². The quantitative estimate of drug-likeness (QED) is 0.743. The molecule has 1 aromatic rings. The van der Waals surface area contributed by atoms with Crippen molar-refractivity contribution in [3.8, 4) is 0 Å². The smallest absolute Gasteiger partial charge is 0.178 e. The minimum atomic E-state index is -0.408. The fourth-order valence-electron chi connectivity index (χ4n) is 2.52. The number of allylic oxidation sites excluding steroid dienone is 1. The lowest BCUT2D eigenvalue weighted by atomic mass is 9.82. The molecule has 0 radical (unpaired) electrons. The summed E-state index contributed by atoms with van der Waals surface area (Å²) in [5.74, 6) is 0.0111. The lowest BCUT2D eigenvalue weighted by Gasteiger charge is -2.44. The first kappa shape index (κ1) is 11.0. The molecule has 3 rings (SSSR count). The lowest BCUT2D eigenvalue weighted by Crippen LogP contribution is -2.49. The van der Waals surface area contributed by atoms with Crippen LogP contribution in [0.2, 0.25) is 0 Å². The Morgan fingerprint density at radius 3 is 2.41 bits per heavy atom. The summed E-state index contributed by atoms with van der Waals surface area (Å²) >= 11 is 0. The van der Waals surface area contributed by atoms with Gasteiger partial charge in [0, 0.05) is 12.3 Å².